The Balaban J connectivity index is 1.62. The van der Waals surface area contributed by atoms with Crippen LogP contribution in [-0.2, 0) is 25.2 Å². The number of hydrogen-bond acceptors (Lipinski definition) is 10. The van der Waals surface area contributed by atoms with E-state index in [-0.39, 0.29) is 29.7 Å². The minimum atomic E-state index is -1.22. The van der Waals surface area contributed by atoms with E-state index in [4.69, 9.17) is 16.2 Å². The van der Waals surface area contributed by atoms with Gasteiger partial charge in [0.05, 0.1) is 19.1 Å². The zero-order chi connectivity index (χ0) is 22.7. The molecule has 1 saturated heterocycles. The molecule has 0 aromatic carbocycles. The van der Waals surface area contributed by atoms with Crippen LogP contribution in [0.3, 0.4) is 0 Å². The number of ether oxygens (including phenoxy) is 1. The smallest absolute Gasteiger partial charge is 0.326 e. The van der Waals surface area contributed by atoms with Crippen LogP contribution in [0.2, 0.25) is 0 Å². The van der Waals surface area contributed by atoms with Crippen LogP contribution >= 0.6 is 0 Å². The largest absolute Gasteiger partial charge is 0.480 e. The lowest BCUT2D eigenvalue weighted by atomic mass is 10.1. The number of aromatic nitrogens is 4. The first-order valence-corrected chi connectivity index (χ1v) is 11.5. The van der Waals surface area contributed by atoms with E-state index in [0.29, 0.717) is 22.7 Å². The molecule has 1 amide bonds. The lowest BCUT2D eigenvalue weighted by Gasteiger charge is -2.16. The quantitative estimate of drug-likeness (QED) is 0.212. The molecule has 2 aromatic heterocycles. The van der Waals surface area contributed by atoms with Crippen LogP contribution in [0.15, 0.2) is 12.7 Å². The Morgan fingerprint density at radius 2 is 2.06 bits per heavy atom. The summed E-state index contributed by atoms with van der Waals surface area (Å²) in [4.78, 5) is 34.9. The number of imidazole rings is 1. The van der Waals surface area contributed by atoms with E-state index >= 15 is 0 Å². The first-order valence-electron chi connectivity index (χ1n) is 9.49. The predicted molar refractivity (Wildman–Crippen MR) is 112 cm³/mol. The third kappa shape index (κ3) is 5.04. The number of anilines is 1. The minimum absolute atomic E-state index is 0.193. The fourth-order valence-corrected chi connectivity index (χ4v) is 4.99. The summed E-state index contributed by atoms with van der Waals surface area (Å²) >= 11 is 0. The molecular weight excluding hydrogens is 430 g/mol. The fourth-order valence-electron chi connectivity index (χ4n) is 3.35. The third-order valence-corrected chi connectivity index (χ3v) is 6.85. The van der Waals surface area contributed by atoms with E-state index in [0.717, 1.165) is 0 Å². The number of nitrogens with two attached hydrogens (primary N) is 2. The zero-order valence-corrected chi connectivity index (χ0v) is 17.6. The molecule has 1 aliphatic heterocycles. The summed E-state index contributed by atoms with van der Waals surface area (Å²) in [7, 11) is -0.354. The highest BCUT2D eigenvalue weighted by Gasteiger charge is 2.46. The number of carbonyl (C=O) groups is 2. The molecular formula is C17H26N7O6S+. The Kier molecular flexibility index (Phi) is 7.27. The standard InChI is InChI=1S/C17H25N7O6S/c1-31(3-2-8(17(28)29)23-10(25)4-18)5-9-12(26)13(27)16(30-9)24-7-22-11-14(19)20-6-21-15(11)24/h6-9,12-13,16,26-27H,2-5,18H2,1H3,(H3-,19,20,21,23,25,28,29)/p+1/t8-,9-,12-,13-,16-,31?/m0/s1. The fraction of sp³-hybridized carbons (Fsp3) is 0.588. The van der Waals surface area contributed by atoms with Gasteiger partial charge >= 0.3 is 5.97 Å². The average molecular weight is 457 g/mol. The number of aliphatic hydroxyl groups is 2. The number of aliphatic hydroxyl groups excluding tert-OH is 2. The van der Waals surface area contributed by atoms with Crippen LogP contribution in [0, 0.1) is 0 Å². The molecule has 1 aliphatic rings. The molecule has 1 fully saturated rings. The van der Waals surface area contributed by atoms with Crippen LogP contribution in [0.5, 0.6) is 0 Å². The van der Waals surface area contributed by atoms with Gasteiger partial charge < -0.3 is 36.8 Å². The number of carboxylic acid groups (broad SMARTS) is 1. The summed E-state index contributed by atoms with van der Waals surface area (Å²) in [6.07, 6.45) is 0.852. The van der Waals surface area contributed by atoms with Crippen molar-refractivity contribution in [3.8, 4) is 0 Å². The first kappa shape index (κ1) is 23.1. The van der Waals surface area contributed by atoms with E-state index in [9.17, 15) is 24.9 Å². The minimum Gasteiger partial charge on any atom is -0.480 e. The van der Waals surface area contributed by atoms with Crippen molar-refractivity contribution in [2.45, 2.75) is 37.0 Å². The highest BCUT2D eigenvalue weighted by molar-refractivity contribution is 7.96. The summed E-state index contributed by atoms with van der Waals surface area (Å²) in [6.45, 7) is -0.289. The second-order valence-electron chi connectivity index (χ2n) is 7.23. The Hall–Kier alpha value is -2.52. The highest BCUT2D eigenvalue weighted by Crippen LogP contribution is 2.32. The second kappa shape index (κ2) is 9.74. The molecule has 0 saturated carbocycles. The number of aliphatic carboxylic acids is 1. The van der Waals surface area contributed by atoms with Gasteiger partial charge in [-0.25, -0.2) is 19.7 Å². The number of carboxylic acids is 1. The lowest BCUT2D eigenvalue weighted by molar-refractivity contribution is -0.141. The van der Waals surface area contributed by atoms with E-state index in [1.165, 1.54) is 17.2 Å². The molecule has 31 heavy (non-hydrogen) atoms. The topological polar surface area (TPSA) is 212 Å². The van der Waals surface area contributed by atoms with Gasteiger partial charge in [0.2, 0.25) is 5.91 Å². The summed E-state index contributed by atoms with van der Waals surface area (Å²) in [5.41, 5.74) is 11.7. The zero-order valence-electron chi connectivity index (χ0n) is 16.8. The number of hydrogen-bond donors (Lipinski definition) is 6. The van der Waals surface area contributed by atoms with Crippen LogP contribution in [0.25, 0.3) is 11.2 Å². The van der Waals surface area contributed by atoms with E-state index in [2.05, 4.69) is 20.3 Å². The van der Waals surface area contributed by atoms with Gasteiger partial charge in [-0.3, -0.25) is 9.36 Å². The number of amides is 1. The van der Waals surface area contributed by atoms with Gasteiger partial charge in [0.1, 0.15) is 47.7 Å². The maximum atomic E-state index is 11.4. The molecule has 13 nitrogen and oxygen atoms in total. The Morgan fingerprint density at radius 1 is 1.32 bits per heavy atom. The van der Waals surface area contributed by atoms with Crippen molar-refractivity contribution in [3.63, 3.8) is 0 Å². The van der Waals surface area contributed by atoms with Crippen molar-refractivity contribution in [1.82, 2.24) is 24.8 Å². The van der Waals surface area contributed by atoms with E-state index in [1.54, 1.807) is 0 Å². The van der Waals surface area contributed by atoms with Gasteiger partial charge in [-0.15, -0.1) is 0 Å². The lowest BCUT2D eigenvalue weighted by Crippen LogP contribution is -2.44. The van der Waals surface area contributed by atoms with Crippen LogP contribution in [-0.4, -0.2) is 95.4 Å². The van der Waals surface area contributed by atoms with Gasteiger partial charge in [0, 0.05) is 6.42 Å². The summed E-state index contributed by atoms with van der Waals surface area (Å²) in [5.74, 6) is -0.610. The molecule has 8 N–H and O–H groups in total. The van der Waals surface area contributed by atoms with Crippen molar-refractivity contribution in [2.75, 3.05) is 30.0 Å². The van der Waals surface area contributed by atoms with Gasteiger partial charge in [-0.2, -0.15) is 0 Å². The molecule has 0 bridgehead atoms. The molecule has 0 aliphatic carbocycles. The number of carbonyl (C=O) groups excluding carboxylic acids is 1. The molecule has 6 atom stereocenters. The molecule has 170 valence electrons. The van der Waals surface area contributed by atoms with Crippen molar-refractivity contribution < 1.29 is 29.6 Å². The molecule has 2 aromatic rings. The van der Waals surface area contributed by atoms with Crippen molar-refractivity contribution in [3.05, 3.63) is 12.7 Å². The van der Waals surface area contributed by atoms with Gasteiger partial charge in [0.15, 0.2) is 17.7 Å². The highest BCUT2D eigenvalue weighted by atomic mass is 32.2. The molecule has 3 heterocycles. The molecule has 0 radical (unpaired) electrons. The Bertz CT molecular complexity index is 943. The molecule has 0 spiro atoms. The van der Waals surface area contributed by atoms with Gasteiger partial charge in [-0.05, 0) is 10.9 Å². The summed E-state index contributed by atoms with van der Waals surface area (Å²) in [6, 6.07) is -1.04. The third-order valence-electron chi connectivity index (χ3n) is 5.02. The first-order chi connectivity index (χ1) is 14.7. The number of nitrogen functional groups attached to an aromatic ring is 1. The van der Waals surface area contributed by atoms with Crippen LogP contribution in [0.1, 0.15) is 12.6 Å². The van der Waals surface area contributed by atoms with Crippen molar-refractivity contribution >= 4 is 39.8 Å². The number of nitrogens with one attached hydrogen (secondary N) is 1. The monoisotopic (exact) mass is 456 g/mol. The van der Waals surface area contributed by atoms with Crippen LogP contribution in [0.4, 0.5) is 5.82 Å². The summed E-state index contributed by atoms with van der Waals surface area (Å²) in [5, 5.41) is 32.6. The Labute approximate surface area is 180 Å². The predicted octanol–water partition coefficient (Wildman–Crippen LogP) is -2.81. The average Bonchev–Trinajstić information content (AvgIpc) is 3.28. The maximum Gasteiger partial charge on any atom is 0.326 e. The second-order valence-corrected chi connectivity index (χ2v) is 9.54. The van der Waals surface area contributed by atoms with E-state index < -0.39 is 42.5 Å². The summed E-state index contributed by atoms with van der Waals surface area (Å²) < 4.78 is 7.41. The van der Waals surface area contributed by atoms with Crippen molar-refractivity contribution in [1.29, 1.82) is 0 Å². The number of rotatable bonds is 9. The van der Waals surface area contributed by atoms with E-state index in [1.807, 2.05) is 6.26 Å². The molecule has 3 rings (SSSR count). The normalized spacial score (nSPS) is 25.4. The van der Waals surface area contributed by atoms with Crippen molar-refractivity contribution in [2.24, 2.45) is 5.73 Å². The molecule has 14 heteroatoms. The van der Waals surface area contributed by atoms with Gasteiger partial charge in [-0.1, -0.05) is 0 Å². The SMILES string of the molecule is C[S+](CC[C@H](NC(=O)CN)C(=O)O)C[C@@H]1O[C@H](n2cnc3c(N)ncnc32)[C@@H](O)[C@H]1O. The van der Waals surface area contributed by atoms with Gasteiger partial charge in [0.25, 0.3) is 0 Å². The number of nitrogens with zero attached hydrogens (tertiary/aromatic N) is 4. The Morgan fingerprint density at radius 3 is 2.74 bits per heavy atom. The van der Waals surface area contributed by atoms with Crippen LogP contribution < -0.4 is 16.8 Å². The maximum absolute atomic E-state index is 11.4. The number of fused-ring (bicyclic) bond motifs is 1. The molecule has 1 unspecified atom stereocenters.